The van der Waals surface area contributed by atoms with Crippen LogP contribution >= 0.6 is 0 Å². The van der Waals surface area contributed by atoms with E-state index in [0.717, 1.165) is 44.9 Å². The first kappa shape index (κ1) is 31.4. The summed E-state index contributed by atoms with van der Waals surface area (Å²) in [7, 11) is 4.18. The Kier molecular flexibility index (Phi) is 7.09. The van der Waals surface area contributed by atoms with Gasteiger partial charge in [0.15, 0.2) is 5.78 Å². The van der Waals surface area contributed by atoms with Gasteiger partial charge < -0.3 is 10.0 Å². The van der Waals surface area contributed by atoms with Crippen molar-refractivity contribution in [1.29, 1.82) is 5.26 Å². The number of rotatable bonds is 3. The number of carbonyl (C=O) groups excluding carboxylic acids is 1. The lowest BCUT2D eigenvalue weighted by Gasteiger charge is -2.71. The van der Waals surface area contributed by atoms with Crippen LogP contribution in [0.5, 0.6) is 0 Å². The van der Waals surface area contributed by atoms with Crippen molar-refractivity contribution in [3.8, 4) is 6.07 Å². The molecule has 0 amide bonds. The van der Waals surface area contributed by atoms with Gasteiger partial charge in [-0.3, -0.25) is 9.59 Å². The van der Waals surface area contributed by atoms with Gasteiger partial charge in [-0.15, -0.1) is 0 Å². The average molecular weight is 599 g/mol. The summed E-state index contributed by atoms with van der Waals surface area (Å²) < 4.78 is 0. The van der Waals surface area contributed by atoms with E-state index in [4.69, 9.17) is 0 Å². The quantitative estimate of drug-likeness (QED) is 0.377. The minimum atomic E-state index is -0.627. The zero-order valence-electron chi connectivity index (χ0n) is 28.6. The maximum Gasteiger partial charge on any atom is 0.306 e. The number of hydrogen-bond acceptors (Lipinski definition) is 4. The van der Waals surface area contributed by atoms with Gasteiger partial charge in [-0.05, 0) is 120 Å². The molecule has 4 fully saturated rings. The fraction of sp³-hybridized carbons (Fsp3) is 0.718. The number of ketones is 1. The van der Waals surface area contributed by atoms with Crippen LogP contribution in [0.15, 0.2) is 29.8 Å². The number of nitriles is 1. The summed E-state index contributed by atoms with van der Waals surface area (Å²) in [5.74, 6) is -0.383. The highest BCUT2D eigenvalue weighted by Crippen LogP contribution is 2.76. The Morgan fingerprint density at radius 2 is 1.68 bits per heavy atom. The minimum Gasteiger partial charge on any atom is -0.481 e. The maximum absolute atomic E-state index is 13.6. The van der Waals surface area contributed by atoms with E-state index in [1.54, 1.807) is 5.57 Å². The number of allylic oxidation sites excluding steroid dienone is 2. The molecule has 0 bridgehead atoms. The third kappa shape index (κ3) is 4.21. The van der Waals surface area contributed by atoms with Gasteiger partial charge >= 0.3 is 5.97 Å². The first-order valence-corrected chi connectivity index (χ1v) is 17.1. The number of nitrogens with zero attached hydrogens (tertiary/aromatic N) is 2. The van der Waals surface area contributed by atoms with Gasteiger partial charge in [-0.25, -0.2) is 0 Å². The van der Waals surface area contributed by atoms with E-state index >= 15 is 0 Å². The number of carboxylic acid groups (broad SMARTS) is 1. The molecule has 5 aliphatic rings. The molecule has 0 spiro atoms. The van der Waals surface area contributed by atoms with Crippen LogP contribution in [-0.2, 0) is 9.59 Å². The predicted molar refractivity (Wildman–Crippen MR) is 176 cm³/mol. The molecular formula is C39H54N2O3. The molecule has 0 heterocycles. The predicted octanol–water partition coefficient (Wildman–Crippen LogP) is 8.64. The van der Waals surface area contributed by atoms with E-state index < -0.39 is 17.3 Å². The molecule has 238 valence electrons. The third-order valence-corrected chi connectivity index (χ3v) is 14.5. The van der Waals surface area contributed by atoms with E-state index in [2.05, 4.69) is 97.8 Å². The van der Waals surface area contributed by atoms with Crippen LogP contribution in [0.4, 0.5) is 5.69 Å². The molecule has 44 heavy (non-hydrogen) atoms. The molecule has 5 nitrogen and oxygen atoms in total. The number of hydrogen-bond donors (Lipinski definition) is 1. The topological polar surface area (TPSA) is 81.4 Å². The fourth-order valence-electron chi connectivity index (χ4n) is 12.3. The second-order valence-electron chi connectivity index (χ2n) is 17.7. The van der Waals surface area contributed by atoms with E-state index in [0.29, 0.717) is 12.3 Å². The van der Waals surface area contributed by atoms with Crippen LogP contribution in [0.3, 0.4) is 0 Å². The number of fused-ring (bicyclic) bond motifs is 7. The van der Waals surface area contributed by atoms with E-state index in [9.17, 15) is 20.0 Å². The lowest BCUT2D eigenvalue weighted by Crippen LogP contribution is -2.65. The Morgan fingerprint density at radius 3 is 2.32 bits per heavy atom. The van der Waals surface area contributed by atoms with Crippen molar-refractivity contribution in [2.24, 2.45) is 62.6 Å². The van der Waals surface area contributed by atoms with Crippen molar-refractivity contribution in [3.63, 3.8) is 0 Å². The molecule has 8 unspecified atom stereocenters. The summed E-state index contributed by atoms with van der Waals surface area (Å²) >= 11 is 0. The maximum atomic E-state index is 13.6. The highest BCUT2D eigenvalue weighted by Gasteiger charge is 2.69. The molecule has 1 N–H and O–H groups in total. The van der Waals surface area contributed by atoms with Crippen molar-refractivity contribution in [2.45, 2.75) is 99.8 Å². The second kappa shape index (κ2) is 9.94. The fourth-order valence-corrected chi connectivity index (χ4v) is 12.3. The van der Waals surface area contributed by atoms with Gasteiger partial charge in [-0.1, -0.05) is 66.2 Å². The lowest BCUT2D eigenvalue weighted by molar-refractivity contribution is -0.186. The molecule has 0 aromatic heterocycles. The van der Waals surface area contributed by atoms with Crippen LogP contribution in [0.25, 0.3) is 5.57 Å². The molecule has 6 rings (SSSR count). The monoisotopic (exact) mass is 598 g/mol. The van der Waals surface area contributed by atoms with E-state index in [1.165, 1.54) is 16.8 Å². The van der Waals surface area contributed by atoms with Gasteiger partial charge in [0.05, 0.1) is 12.0 Å². The van der Waals surface area contributed by atoms with Gasteiger partial charge in [0.25, 0.3) is 0 Å². The first-order valence-electron chi connectivity index (χ1n) is 17.1. The van der Waals surface area contributed by atoms with Crippen molar-refractivity contribution in [3.05, 3.63) is 35.4 Å². The zero-order valence-corrected chi connectivity index (χ0v) is 28.6. The zero-order chi connectivity index (χ0) is 32.2. The van der Waals surface area contributed by atoms with E-state index in [-0.39, 0.29) is 51.1 Å². The van der Waals surface area contributed by atoms with Crippen molar-refractivity contribution < 1.29 is 14.7 Å². The van der Waals surface area contributed by atoms with Crippen LogP contribution in [0, 0.1) is 73.9 Å². The summed E-state index contributed by atoms with van der Waals surface area (Å²) in [4.78, 5) is 28.5. The second-order valence-corrected chi connectivity index (χ2v) is 17.7. The van der Waals surface area contributed by atoms with Crippen LogP contribution in [-0.4, -0.2) is 31.0 Å². The van der Waals surface area contributed by atoms with E-state index in [1.807, 2.05) is 0 Å². The number of benzene rings is 1. The SMILES string of the molecule is CN(C)c1cccc(C2=C3C4CC(C)(C)C[C@@H](C(=O)O)C4CCC3(C)C3(C)CCC4C(C)(C)C(=O)C(C#N)CC4(C)C3C2)c1. The number of aliphatic carboxylic acids is 1. The Balaban J connectivity index is 1.60. The van der Waals surface area contributed by atoms with Gasteiger partial charge in [0.2, 0.25) is 0 Å². The normalized spacial score (nSPS) is 42.2. The molecule has 0 aliphatic heterocycles. The average Bonchev–Trinajstić information content (AvgIpc) is 2.94. The highest BCUT2D eigenvalue weighted by atomic mass is 16.4. The lowest BCUT2D eigenvalue weighted by atomic mass is 9.33. The smallest absolute Gasteiger partial charge is 0.306 e. The number of carboxylic acids is 1. The molecule has 5 aliphatic carbocycles. The molecule has 9 atom stereocenters. The Bertz CT molecular complexity index is 1460. The summed E-state index contributed by atoms with van der Waals surface area (Å²) in [5.41, 5.74) is 4.63. The largest absolute Gasteiger partial charge is 0.481 e. The van der Waals surface area contributed by atoms with Crippen molar-refractivity contribution in [1.82, 2.24) is 0 Å². The molecule has 5 heteroatoms. The minimum absolute atomic E-state index is 0.00199. The Hall–Kier alpha value is -2.61. The van der Waals surface area contributed by atoms with Crippen LogP contribution < -0.4 is 4.90 Å². The number of anilines is 1. The standard InChI is InChI=1S/C39H54N2O3/c1-35(2)20-28-26(29(21-35)34(43)44)13-15-39(7)32(28)27(23-11-10-12-25(17-23)41(8)9)18-31-37(5)19-24(22-40)33(42)36(3,4)30(37)14-16-38(31,39)6/h10-12,17,24,26,28-31H,13-16,18-21H2,1-9H3,(H,43,44)/t24?,26?,28?,29-,30?,31?,37?,38?,39?/m1/s1. The van der Waals surface area contributed by atoms with Gasteiger partial charge in [0, 0.05) is 25.2 Å². The third-order valence-electron chi connectivity index (χ3n) is 14.5. The molecule has 0 radical (unpaired) electrons. The number of Topliss-reactive ketones (excluding diaryl/α,β-unsaturated/α-hetero) is 1. The molecule has 4 saturated carbocycles. The molecule has 1 aromatic carbocycles. The molecule has 0 saturated heterocycles. The van der Waals surface area contributed by atoms with Crippen LogP contribution in [0.2, 0.25) is 0 Å². The van der Waals surface area contributed by atoms with Crippen molar-refractivity contribution >= 4 is 23.0 Å². The summed E-state index contributed by atoms with van der Waals surface area (Å²) in [5, 5.41) is 20.7. The van der Waals surface area contributed by atoms with Crippen molar-refractivity contribution in [2.75, 3.05) is 19.0 Å². The molecule has 1 aromatic rings. The first-order chi connectivity index (χ1) is 20.4. The Morgan fingerprint density at radius 1 is 0.977 bits per heavy atom. The highest BCUT2D eigenvalue weighted by molar-refractivity contribution is 5.90. The van der Waals surface area contributed by atoms with Gasteiger partial charge in [0.1, 0.15) is 5.92 Å². The van der Waals surface area contributed by atoms with Gasteiger partial charge in [-0.2, -0.15) is 5.26 Å². The summed E-state index contributed by atoms with van der Waals surface area (Å²) in [6, 6.07) is 11.4. The Labute approximate surface area is 265 Å². The molecular weight excluding hydrogens is 544 g/mol. The van der Waals surface area contributed by atoms with Crippen LogP contribution in [0.1, 0.15) is 105 Å². The number of carbonyl (C=O) groups is 2. The summed E-state index contributed by atoms with van der Waals surface area (Å²) in [6.07, 6.45) is 7.38. The summed E-state index contributed by atoms with van der Waals surface area (Å²) in [6.45, 7) is 16.3.